The Bertz CT molecular complexity index is 775. The number of halogens is 2. The molecule has 0 saturated carbocycles. The predicted octanol–water partition coefficient (Wildman–Crippen LogP) is 4.44. The Morgan fingerprint density at radius 2 is 1.92 bits per heavy atom. The molecule has 1 amide bonds. The van der Waals surface area contributed by atoms with Crippen LogP contribution in [-0.4, -0.2) is 25.5 Å². The number of benzene rings is 2. The van der Waals surface area contributed by atoms with E-state index in [9.17, 15) is 9.18 Å². The average molecular weight is 362 g/mol. The van der Waals surface area contributed by atoms with Gasteiger partial charge >= 0.3 is 0 Å². The van der Waals surface area contributed by atoms with Gasteiger partial charge in [0.05, 0.1) is 23.6 Å². The fraction of sp³-hybridized carbons (Fsp3) is 0.316. The van der Waals surface area contributed by atoms with Crippen molar-refractivity contribution in [3.63, 3.8) is 0 Å². The first kappa shape index (κ1) is 17.5. The zero-order valence-corrected chi connectivity index (χ0v) is 14.9. The van der Waals surface area contributed by atoms with Gasteiger partial charge in [0, 0.05) is 18.1 Å². The standard InChI is InChI=1S/C19H21ClFN3O/c1-13-4-6-16(15(21)10-13)23-19(25)12-22-17-11-14(20)5-7-18(17)24-8-2-3-9-24/h4-7,10-11,22H,2-3,8-9,12H2,1H3,(H,23,25). The summed E-state index contributed by atoms with van der Waals surface area (Å²) in [6.45, 7) is 3.83. The van der Waals surface area contributed by atoms with Crippen molar-refractivity contribution in [2.24, 2.45) is 0 Å². The molecular weight excluding hydrogens is 341 g/mol. The molecule has 0 radical (unpaired) electrons. The first-order chi connectivity index (χ1) is 12.0. The summed E-state index contributed by atoms with van der Waals surface area (Å²) in [6, 6.07) is 10.3. The fourth-order valence-corrected chi connectivity index (χ4v) is 3.15. The molecule has 132 valence electrons. The highest BCUT2D eigenvalue weighted by molar-refractivity contribution is 6.31. The lowest BCUT2D eigenvalue weighted by Crippen LogP contribution is -2.24. The van der Waals surface area contributed by atoms with Crippen LogP contribution in [0.15, 0.2) is 36.4 Å². The fourth-order valence-electron chi connectivity index (χ4n) is 2.98. The summed E-state index contributed by atoms with van der Waals surface area (Å²) in [5, 5.41) is 6.32. The largest absolute Gasteiger partial charge is 0.374 e. The van der Waals surface area contributed by atoms with E-state index in [0.717, 1.165) is 42.9 Å². The van der Waals surface area contributed by atoms with Gasteiger partial charge in [-0.05, 0) is 55.7 Å². The van der Waals surface area contributed by atoms with Crippen molar-refractivity contribution in [3.05, 3.63) is 52.8 Å². The Kier molecular flexibility index (Phi) is 5.43. The minimum Gasteiger partial charge on any atom is -0.374 e. The number of amides is 1. The maximum absolute atomic E-state index is 13.8. The van der Waals surface area contributed by atoms with Gasteiger partial charge in [-0.3, -0.25) is 4.79 Å². The summed E-state index contributed by atoms with van der Waals surface area (Å²) in [5.74, 6) is -0.746. The number of hydrogen-bond donors (Lipinski definition) is 2. The maximum Gasteiger partial charge on any atom is 0.243 e. The Balaban J connectivity index is 1.66. The van der Waals surface area contributed by atoms with Gasteiger partial charge in [-0.2, -0.15) is 0 Å². The molecule has 0 atom stereocenters. The summed E-state index contributed by atoms with van der Waals surface area (Å²) >= 11 is 6.10. The number of nitrogens with one attached hydrogen (secondary N) is 2. The van der Waals surface area contributed by atoms with E-state index >= 15 is 0 Å². The van der Waals surface area contributed by atoms with Crippen molar-refractivity contribution in [1.82, 2.24) is 0 Å². The molecule has 1 aliphatic rings. The van der Waals surface area contributed by atoms with Crippen LogP contribution in [0.2, 0.25) is 5.02 Å². The first-order valence-electron chi connectivity index (χ1n) is 8.37. The quantitative estimate of drug-likeness (QED) is 0.827. The van der Waals surface area contributed by atoms with Crippen LogP contribution in [0.5, 0.6) is 0 Å². The molecule has 0 aliphatic carbocycles. The Morgan fingerprint density at radius 3 is 2.64 bits per heavy atom. The van der Waals surface area contributed by atoms with E-state index in [1.807, 2.05) is 18.2 Å². The highest BCUT2D eigenvalue weighted by Gasteiger charge is 2.16. The SMILES string of the molecule is Cc1ccc(NC(=O)CNc2cc(Cl)ccc2N2CCCC2)c(F)c1. The minimum atomic E-state index is -0.436. The van der Waals surface area contributed by atoms with Crippen molar-refractivity contribution in [2.45, 2.75) is 19.8 Å². The van der Waals surface area contributed by atoms with Gasteiger partial charge < -0.3 is 15.5 Å². The second-order valence-electron chi connectivity index (χ2n) is 6.24. The Morgan fingerprint density at radius 1 is 1.16 bits per heavy atom. The zero-order valence-electron chi connectivity index (χ0n) is 14.1. The van der Waals surface area contributed by atoms with E-state index in [2.05, 4.69) is 15.5 Å². The maximum atomic E-state index is 13.8. The molecule has 25 heavy (non-hydrogen) atoms. The molecule has 1 aliphatic heterocycles. The van der Waals surface area contributed by atoms with Gasteiger partial charge in [0.15, 0.2) is 0 Å². The highest BCUT2D eigenvalue weighted by atomic mass is 35.5. The molecule has 1 heterocycles. The molecule has 0 aromatic heterocycles. The van der Waals surface area contributed by atoms with Crippen LogP contribution in [0, 0.1) is 12.7 Å². The molecule has 0 bridgehead atoms. The third kappa shape index (κ3) is 4.42. The van der Waals surface area contributed by atoms with E-state index in [0.29, 0.717) is 5.02 Å². The smallest absolute Gasteiger partial charge is 0.243 e. The van der Waals surface area contributed by atoms with Gasteiger partial charge in [0.2, 0.25) is 5.91 Å². The number of carbonyl (C=O) groups is 1. The van der Waals surface area contributed by atoms with Crippen molar-refractivity contribution < 1.29 is 9.18 Å². The summed E-state index contributed by atoms with van der Waals surface area (Å²) in [6.07, 6.45) is 2.32. The number of aryl methyl sites for hydroxylation is 1. The monoisotopic (exact) mass is 361 g/mol. The number of hydrogen-bond acceptors (Lipinski definition) is 3. The number of anilines is 3. The molecule has 2 aromatic rings. The molecule has 0 spiro atoms. The summed E-state index contributed by atoms with van der Waals surface area (Å²) in [4.78, 5) is 14.4. The van der Waals surface area contributed by atoms with E-state index in [1.165, 1.54) is 6.07 Å². The van der Waals surface area contributed by atoms with E-state index in [1.54, 1.807) is 19.1 Å². The van der Waals surface area contributed by atoms with E-state index in [-0.39, 0.29) is 18.1 Å². The van der Waals surface area contributed by atoms with Crippen LogP contribution in [0.4, 0.5) is 21.5 Å². The van der Waals surface area contributed by atoms with Crippen LogP contribution in [0.3, 0.4) is 0 Å². The van der Waals surface area contributed by atoms with Crippen LogP contribution >= 0.6 is 11.6 Å². The van der Waals surface area contributed by atoms with Crippen molar-refractivity contribution in [1.29, 1.82) is 0 Å². The normalized spacial score (nSPS) is 13.8. The summed E-state index contributed by atoms with van der Waals surface area (Å²) in [5.41, 5.74) is 2.84. The van der Waals surface area contributed by atoms with Gasteiger partial charge in [0.25, 0.3) is 0 Å². The Hall–Kier alpha value is -2.27. The second kappa shape index (κ2) is 7.74. The van der Waals surface area contributed by atoms with Gasteiger partial charge in [-0.25, -0.2) is 4.39 Å². The molecule has 3 rings (SSSR count). The average Bonchev–Trinajstić information content (AvgIpc) is 3.10. The molecule has 0 unspecified atom stereocenters. The van der Waals surface area contributed by atoms with Crippen LogP contribution in [0.25, 0.3) is 0 Å². The number of rotatable bonds is 5. The van der Waals surface area contributed by atoms with Crippen molar-refractivity contribution >= 4 is 34.6 Å². The summed E-state index contributed by atoms with van der Waals surface area (Å²) < 4.78 is 13.8. The highest BCUT2D eigenvalue weighted by Crippen LogP contribution is 2.31. The topological polar surface area (TPSA) is 44.4 Å². The molecular formula is C19H21ClFN3O. The lowest BCUT2D eigenvalue weighted by Gasteiger charge is -2.22. The lowest BCUT2D eigenvalue weighted by molar-refractivity contribution is -0.114. The number of nitrogens with zero attached hydrogens (tertiary/aromatic N) is 1. The number of carbonyl (C=O) groups excluding carboxylic acids is 1. The van der Waals surface area contributed by atoms with Crippen molar-refractivity contribution in [3.8, 4) is 0 Å². The van der Waals surface area contributed by atoms with Crippen molar-refractivity contribution in [2.75, 3.05) is 35.2 Å². The van der Waals surface area contributed by atoms with E-state index < -0.39 is 5.82 Å². The third-order valence-corrected chi connectivity index (χ3v) is 4.48. The minimum absolute atomic E-state index is 0.0362. The van der Waals surface area contributed by atoms with Gasteiger partial charge in [0.1, 0.15) is 5.82 Å². The van der Waals surface area contributed by atoms with Gasteiger partial charge in [-0.1, -0.05) is 17.7 Å². The predicted molar refractivity (Wildman–Crippen MR) is 101 cm³/mol. The first-order valence-corrected chi connectivity index (χ1v) is 8.75. The summed E-state index contributed by atoms with van der Waals surface area (Å²) in [7, 11) is 0. The second-order valence-corrected chi connectivity index (χ2v) is 6.68. The van der Waals surface area contributed by atoms with Crippen LogP contribution < -0.4 is 15.5 Å². The zero-order chi connectivity index (χ0) is 17.8. The molecule has 2 aromatic carbocycles. The lowest BCUT2D eigenvalue weighted by atomic mass is 10.2. The van der Waals surface area contributed by atoms with Crippen LogP contribution in [-0.2, 0) is 4.79 Å². The molecule has 1 saturated heterocycles. The molecule has 6 heteroatoms. The van der Waals surface area contributed by atoms with Gasteiger partial charge in [-0.15, -0.1) is 0 Å². The Labute approximate surface area is 152 Å². The third-order valence-electron chi connectivity index (χ3n) is 4.24. The van der Waals surface area contributed by atoms with Crippen LogP contribution in [0.1, 0.15) is 18.4 Å². The molecule has 2 N–H and O–H groups in total. The molecule has 4 nitrogen and oxygen atoms in total. The molecule has 1 fully saturated rings. The van der Waals surface area contributed by atoms with E-state index in [4.69, 9.17) is 11.6 Å².